The second-order valence-electron chi connectivity index (χ2n) is 6.26. The molecule has 0 spiro atoms. The van der Waals surface area contributed by atoms with Crippen molar-refractivity contribution in [3.05, 3.63) is 57.4 Å². The molecule has 0 fully saturated rings. The maximum Gasteiger partial charge on any atom is 0.307 e. The molecule has 2 aromatic rings. The molecule has 9 heteroatoms. The van der Waals surface area contributed by atoms with Gasteiger partial charge in [0.25, 0.3) is 5.91 Å². The number of aliphatic carboxylic acids is 1. The fourth-order valence-corrected chi connectivity index (χ4v) is 4.30. The lowest BCUT2D eigenvalue weighted by Crippen LogP contribution is -2.34. The first-order valence-corrected chi connectivity index (χ1v) is 10.0. The Bertz CT molecular complexity index is 937. The number of amides is 2. The largest absolute Gasteiger partial charge is 0.481 e. The summed E-state index contributed by atoms with van der Waals surface area (Å²) in [4.78, 5) is 36.6. The van der Waals surface area contributed by atoms with Gasteiger partial charge in [-0.15, -0.1) is 11.3 Å². The summed E-state index contributed by atoms with van der Waals surface area (Å²) in [5, 5.41) is 17.5. The molecule has 0 saturated carbocycles. The van der Waals surface area contributed by atoms with Crippen LogP contribution in [0, 0.1) is 11.8 Å². The lowest BCUT2D eigenvalue weighted by molar-refractivity contribution is -0.146. The van der Waals surface area contributed by atoms with Crippen molar-refractivity contribution in [2.45, 2.75) is 12.8 Å². The molecule has 0 unspecified atom stereocenters. The lowest BCUT2D eigenvalue weighted by atomic mass is 9.82. The molecule has 1 heterocycles. The molecule has 1 aromatic carbocycles. The van der Waals surface area contributed by atoms with Gasteiger partial charge < -0.3 is 15.7 Å². The molecular formula is C19H16Cl2N2O4S. The van der Waals surface area contributed by atoms with E-state index in [9.17, 15) is 19.5 Å². The van der Waals surface area contributed by atoms with E-state index in [1.807, 2.05) is 0 Å². The first-order valence-electron chi connectivity index (χ1n) is 8.38. The number of carboxylic acids is 1. The van der Waals surface area contributed by atoms with E-state index in [0.29, 0.717) is 33.6 Å². The van der Waals surface area contributed by atoms with Crippen molar-refractivity contribution >= 4 is 63.0 Å². The second-order valence-corrected chi connectivity index (χ2v) is 8.05. The standard InChI is InChI=1S/C19H16Cl2N2O4S/c20-10-7-11(21)9-12(8-10)22-17(25)15-5-6-28-18(15)23-16(24)13-3-1-2-4-14(13)19(26)27/h1-2,5-9,13-14H,3-4H2,(H,22,25)(H,23,24)(H,26,27)/t13-,14+/m0/s1. The first kappa shape index (κ1) is 20.4. The zero-order chi connectivity index (χ0) is 20.3. The third kappa shape index (κ3) is 4.73. The highest BCUT2D eigenvalue weighted by Gasteiger charge is 2.34. The highest BCUT2D eigenvalue weighted by Crippen LogP contribution is 2.30. The molecule has 1 aliphatic rings. The molecule has 146 valence electrons. The number of carboxylic acid groups (broad SMARTS) is 1. The Kier molecular flexibility index (Phi) is 6.39. The molecule has 1 aromatic heterocycles. The minimum Gasteiger partial charge on any atom is -0.481 e. The fraction of sp³-hybridized carbons (Fsp3) is 0.211. The highest BCUT2D eigenvalue weighted by atomic mass is 35.5. The van der Waals surface area contributed by atoms with Gasteiger partial charge in [-0.1, -0.05) is 35.4 Å². The van der Waals surface area contributed by atoms with Crippen LogP contribution in [-0.4, -0.2) is 22.9 Å². The molecule has 0 radical (unpaired) electrons. The van der Waals surface area contributed by atoms with Gasteiger partial charge in [0.15, 0.2) is 0 Å². The second kappa shape index (κ2) is 8.77. The number of rotatable bonds is 5. The van der Waals surface area contributed by atoms with Gasteiger partial charge in [0, 0.05) is 15.7 Å². The van der Waals surface area contributed by atoms with Gasteiger partial charge >= 0.3 is 5.97 Å². The summed E-state index contributed by atoms with van der Waals surface area (Å²) in [6, 6.07) is 6.24. The zero-order valence-corrected chi connectivity index (χ0v) is 16.8. The molecule has 3 rings (SSSR count). The van der Waals surface area contributed by atoms with Crippen LogP contribution in [0.4, 0.5) is 10.7 Å². The predicted octanol–water partition coefficient (Wildman–Crippen LogP) is 4.91. The minimum atomic E-state index is -1.01. The van der Waals surface area contributed by atoms with Crippen molar-refractivity contribution in [1.29, 1.82) is 0 Å². The molecular weight excluding hydrogens is 423 g/mol. The van der Waals surface area contributed by atoms with Gasteiger partial charge in [-0.25, -0.2) is 0 Å². The quantitative estimate of drug-likeness (QED) is 0.577. The Morgan fingerprint density at radius 1 is 1.00 bits per heavy atom. The molecule has 0 aliphatic heterocycles. The number of hydrogen-bond acceptors (Lipinski definition) is 4. The molecule has 6 nitrogen and oxygen atoms in total. The maximum atomic E-state index is 12.6. The number of carbonyl (C=O) groups is 3. The van der Waals surface area contributed by atoms with Gasteiger partial charge in [0.2, 0.25) is 5.91 Å². The van der Waals surface area contributed by atoms with Gasteiger partial charge in [-0.3, -0.25) is 14.4 Å². The fourth-order valence-electron chi connectivity index (χ4n) is 2.99. The van der Waals surface area contributed by atoms with Crippen LogP contribution < -0.4 is 10.6 Å². The molecule has 28 heavy (non-hydrogen) atoms. The van der Waals surface area contributed by atoms with Crippen LogP contribution in [0.3, 0.4) is 0 Å². The molecule has 2 atom stereocenters. The van der Waals surface area contributed by atoms with Crippen molar-refractivity contribution in [1.82, 2.24) is 0 Å². The van der Waals surface area contributed by atoms with E-state index >= 15 is 0 Å². The molecule has 3 N–H and O–H groups in total. The summed E-state index contributed by atoms with van der Waals surface area (Å²) in [6.45, 7) is 0. The Morgan fingerprint density at radius 3 is 2.29 bits per heavy atom. The van der Waals surface area contributed by atoms with Gasteiger partial charge in [0.05, 0.1) is 17.4 Å². The van der Waals surface area contributed by atoms with Crippen LogP contribution in [0.5, 0.6) is 0 Å². The van der Waals surface area contributed by atoms with E-state index in [1.54, 1.807) is 41.8 Å². The first-order chi connectivity index (χ1) is 13.3. The summed E-state index contributed by atoms with van der Waals surface area (Å²) >= 11 is 13.1. The van der Waals surface area contributed by atoms with E-state index in [-0.39, 0.29) is 5.56 Å². The summed E-state index contributed by atoms with van der Waals surface area (Å²) in [5.74, 6) is -3.33. The number of halogens is 2. The summed E-state index contributed by atoms with van der Waals surface area (Å²) in [5.41, 5.74) is 0.696. The lowest BCUT2D eigenvalue weighted by Gasteiger charge is -2.24. The average molecular weight is 439 g/mol. The Labute approximate surface area is 175 Å². The third-order valence-corrected chi connectivity index (χ3v) is 5.62. The molecule has 1 aliphatic carbocycles. The number of carbonyl (C=O) groups excluding carboxylic acids is 2. The smallest absolute Gasteiger partial charge is 0.307 e. The van der Waals surface area contributed by atoms with Crippen LogP contribution >= 0.6 is 34.5 Å². The van der Waals surface area contributed by atoms with E-state index < -0.39 is 29.6 Å². The van der Waals surface area contributed by atoms with Gasteiger partial charge in [-0.05, 0) is 42.5 Å². The summed E-state index contributed by atoms with van der Waals surface area (Å²) in [7, 11) is 0. The molecule has 0 bridgehead atoms. The van der Waals surface area contributed by atoms with Crippen LogP contribution in [0.25, 0.3) is 0 Å². The normalized spacial score (nSPS) is 18.5. The number of hydrogen-bond donors (Lipinski definition) is 3. The van der Waals surface area contributed by atoms with E-state index in [0.717, 1.165) is 0 Å². The summed E-state index contributed by atoms with van der Waals surface area (Å²) < 4.78 is 0. The van der Waals surface area contributed by atoms with Crippen molar-refractivity contribution in [2.24, 2.45) is 11.8 Å². The number of allylic oxidation sites excluding steroid dienone is 2. The SMILES string of the molecule is O=C(Nc1cc(Cl)cc(Cl)c1)c1ccsc1NC(=O)[C@H]1CC=CC[C@H]1C(=O)O. The minimum absolute atomic E-state index is 0.271. The monoisotopic (exact) mass is 438 g/mol. The Balaban J connectivity index is 1.74. The van der Waals surface area contributed by atoms with Crippen LogP contribution in [0.15, 0.2) is 41.8 Å². The van der Waals surface area contributed by atoms with Crippen LogP contribution in [0.1, 0.15) is 23.2 Å². The van der Waals surface area contributed by atoms with Crippen molar-refractivity contribution in [3.8, 4) is 0 Å². The van der Waals surface area contributed by atoms with E-state index in [2.05, 4.69) is 10.6 Å². The average Bonchev–Trinajstić information content (AvgIpc) is 3.09. The molecule has 2 amide bonds. The molecule has 0 saturated heterocycles. The Morgan fingerprint density at radius 2 is 1.64 bits per heavy atom. The highest BCUT2D eigenvalue weighted by molar-refractivity contribution is 7.14. The number of nitrogens with one attached hydrogen (secondary N) is 2. The van der Waals surface area contributed by atoms with Crippen molar-refractivity contribution < 1.29 is 19.5 Å². The van der Waals surface area contributed by atoms with Crippen LogP contribution in [-0.2, 0) is 9.59 Å². The maximum absolute atomic E-state index is 12.6. The Hall–Kier alpha value is -2.35. The zero-order valence-electron chi connectivity index (χ0n) is 14.4. The predicted molar refractivity (Wildman–Crippen MR) is 110 cm³/mol. The van der Waals surface area contributed by atoms with Gasteiger partial charge in [-0.2, -0.15) is 0 Å². The third-order valence-electron chi connectivity index (χ3n) is 4.35. The van der Waals surface area contributed by atoms with Gasteiger partial charge in [0.1, 0.15) is 5.00 Å². The van der Waals surface area contributed by atoms with Crippen LogP contribution in [0.2, 0.25) is 10.0 Å². The van der Waals surface area contributed by atoms with Crippen molar-refractivity contribution in [3.63, 3.8) is 0 Å². The number of thiophene rings is 1. The summed E-state index contributed by atoms with van der Waals surface area (Å²) in [6.07, 6.45) is 4.22. The van der Waals surface area contributed by atoms with E-state index in [4.69, 9.17) is 23.2 Å². The number of benzene rings is 1. The van der Waals surface area contributed by atoms with Crippen molar-refractivity contribution in [2.75, 3.05) is 10.6 Å². The topological polar surface area (TPSA) is 95.5 Å². The van der Waals surface area contributed by atoms with E-state index in [1.165, 1.54) is 11.3 Å². The number of anilines is 2.